The van der Waals surface area contributed by atoms with Crippen LogP contribution in [0.3, 0.4) is 0 Å². The van der Waals surface area contributed by atoms with Crippen LogP contribution in [-0.2, 0) is 7.05 Å². The van der Waals surface area contributed by atoms with Crippen molar-refractivity contribution in [3.63, 3.8) is 0 Å². The molecule has 15 heavy (non-hydrogen) atoms. The lowest BCUT2D eigenvalue weighted by Gasteiger charge is -2.23. The first kappa shape index (κ1) is 10.2. The maximum absolute atomic E-state index is 11.8. The second kappa shape index (κ2) is 4.04. The molecule has 0 aromatic carbocycles. The van der Waals surface area contributed by atoms with Crippen LogP contribution < -0.4 is 11.2 Å². The fourth-order valence-electron chi connectivity index (χ4n) is 2.22. The Kier molecular flexibility index (Phi) is 2.75. The molecule has 0 aliphatic heterocycles. The van der Waals surface area contributed by atoms with Crippen molar-refractivity contribution in [3.8, 4) is 0 Å². The fraction of sp³-hybridized carbons (Fsp3) is 0.636. The van der Waals surface area contributed by atoms with Gasteiger partial charge in [0.15, 0.2) is 0 Å². The van der Waals surface area contributed by atoms with E-state index in [0.717, 1.165) is 12.8 Å². The molecule has 1 aliphatic carbocycles. The molecule has 0 amide bonds. The van der Waals surface area contributed by atoms with Gasteiger partial charge in [-0.2, -0.15) is 0 Å². The van der Waals surface area contributed by atoms with E-state index in [-0.39, 0.29) is 17.3 Å². The first-order chi connectivity index (χ1) is 7.20. The predicted octanol–water partition coefficient (Wildman–Crippen LogP) is 1.05. The number of nitrogens with zero attached hydrogens (tertiary/aromatic N) is 2. The Labute approximate surface area is 88.2 Å². The summed E-state index contributed by atoms with van der Waals surface area (Å²) in [6, 6.07) is 1.76. The maximum atomic E-state index is 11.8. The molecule has 0 saturated heterocycles. The Morgan fingerprint density at radius 3 is 2.53 bits per heavy atom. The van der Waals surface area contributed by atoms with E-state index in [1.54, 1.807) is 10.8 Å². The Morgan fingerprint density at radius 2 is 1.87 bits per heavy atom. The highest BCUT2D eigenvalue weighted by atomic mass is 16.2. The lowest BCUT2D eigenvalue weighted by Crippen LogP contribution is -2.39. The summed E-state index contributed by atoms with van der Waals surface area (Å²) >= 11 is 0. The van der Waals surface area contributed by atoms with Crippen molar-refractivity contribution in [2.24, 2.45) is 7.05 Å². The van der Waals surface area contributed by atoms with E-state index < -0.39 is 0 Å². The van der Waals surface area contributed by atoms with Gasteiger partial charge in [-0.1, -0.05) is 19.3 Å². The van der Waals surface area contributed by atoms with Gasteiger partial charge in [0, 0.05) is 25.4 Å². The van der Waals surface area contributed by atoms with Gasteiger partial charge in [-0.05, 0) is 12.8 Å². The van der Waals surface area contributed by atoms with Crippen molar-refractivity contribution >= 4 is 0 Å². The van der Waals surface area contributed by atoms with Crippen molar-refractivity contribution in [2.75, 3.05) is 0 Å². The van der Waals surface area contributed by atoms with Crippen LogP contribution in [0.2, 0.25) is 0 Å². The summed E-state index contributed by atoms with van der Waals surface area (Å²) in [5, 5.41) is 0. The molecule has 0 radical (unpaired) electrons. The summed E-state index contributed by atoms with van der Waals surface area (Å²) in [4.78, 5) is 23.0. The first-order valence-electron chi connectivity index (χ1n) is 5.48. The van der Waals surface area contributed by atoms with Crippen LogP contribution in [0.25, 0.3) is 0 Å². The molecule has 1 saturated carbocycles. The second-order valence-electron chi connectivity index (χ2n) is 4.19. The van der Waals surface area contributed by atoms with Crippen molar-refractivity contribution in [1.82, 2.24) is 9.13 Å². The maximum Gasteiger partial charge on any atom is 0.330 e. The van der Waals surface area contributed by atoms with Gasteiger partial charge in [0.05, 0.1) is 0 Å². The SMILES string of the molecule is Cn1c(=O)ccn(C2CCCCC2)c1=O. The minimum atomic E-state index is -0.230. The number of rotatable bonds is 1. The molecule has 0 unspecified atom stereocenters. The smallest absolute Gasteiger partial charge is 0.297 e. The Morgan fingerprint density at radius 1 is 1.20 bits per heavy atom. The van der Waals surface area contributed by atoms with Gasteiger partial charge >= 0.3 is 5.69 Å². The van der Waals surface area contributed by atoms with E-state index in [4.69, 9.17) is 0 Å². The molecule has 4 nitrogen and oxygen atoms in total. The first-order valence-corrected chi connectivity index (χ1v) is 5.48. The van der Waals surface area contributed by atoms with Gasteiger partial charge in [0.25, 0.3) is 5.56 Å². The molecule has 1 aromatic rings. The highest BCUT2D eigenvalue weighted by Crippen LogP contribution is 2.26. The second-order valence-corrected chi connectivity index (χ2v) is 4.19. The van der Waals surface area contributed by atoms with Crippen LogP contribution in [0.15, 0.2) is 21.9 Å². The number of hydrogen-bond acceptors (Lipinski definition) is 2. The van der Waals surface area contributed by atoms with Crippen LogP contribution in [0.4, 0.5) is 0 Å². The van der Waals surface area contributed by atoms with Crippen LogP contribution in [-0.4, -0.2) is 9.13 Å². The zero-order chi connectivity index (χ0) is 10.8. The summed E-state index contributed by atoms with van der Waals surface area (Å²) < 4.78 is 2.88. The molecule has 1 aromatic heterocycles. The molecule has 1 heterocycles. The van der Waals surface area contributed by atoms with Crippen molar-refractivity contribution in [2.45, 2.75) is 38.1 Å². The summed E-state index contributed by atoms with van der Waals surface area (Å²) in [6.45, 7) is 0. The monoisotopic (exact) mass is 208 g/mol. The van der Waals surface area contributed by atoms with E-state index in [2.05, 4.69) is 0 Å². The summed E-state index contributed by atoms with van der Waals surface area (Å²) in [6.07, 6.45) is 7.37. The summed E-state index contributed by atoms with van der Waals surface area (Å²) in [5.74, 6) is 0. The fourth-order valence-corrected chi connectivity index (χ4v) is 2.22. The van der Waals surface area contributed by atoms with E-state index >= 15 is 0 Å². The largest absolute Gasteiger partial charge is 0.330 e. The highest BCUT2D eigenvalue weighted by Gasteiger charge is 2.16. The predicted molar refractivity (Wildman–Crippen MR) is 58.1 cm³/mol. The van der Waals surface area contributed by atoms with Crippen LogP contribution >= 0.6 is 0 Å². The van der Waals surface area contributed by atoms with Gasteiger partial charge in [-0.25, -0.2) is 4.79 Å². The number of aromatic nitrogens is 2. The lowest BCUT2D eigenvalue weighted by atomic mass is 9.95. The minimum Gasteiger partial charge on any atom is -0.297 e. The van der Waals surface area contributed by atoms with Crippen molar-refractivity contribution < 1.29 is 0 Å². The standard InChI is InChI=1S/C11H16N2O2/c1-12-10(14)7-8-13(11(12)15)9-5-3-2-4-6-9/h7-9H,2-6H2,1H3. The van der Waals surface area contributed by atoms with Gasteiger partial charge in [0.1, 0.15) is 0 Å². The van der Waals surface area contributed by atoms with E-state index in [0.29, 0.717) is 0 Å². The average molecular weight is 208 g/mol. The van der Waals surface area contributed by atoms with Gasteiger partial charge in [0.2, 0.25) is 0 Å². The third kappa shape index (κ3) is 1.89. The molecule has 0 N–H and O–H groups in total. The molecular weight excluding hydrogens is 192 g/mol. The molecule has 4 heteroatoms. The number of hydrogen-bond donors (Lipinski definition) is 0. The molecule has 1 fully saturated rings. The third-order valence-electron chi connectivity index (χ3n) is 3.18. The average Bonchev–Trinajstić information content (AvgIpc) is 2.27. The van der Waals surface area contributed by atoms with Crippen molar-refractivity contribution in [1.29, 1.82) is 0 Å². The topological polar surface area (TPSA) is 44.0 Å². The normalized spacial score (nSPS) is 17.9. The Balaban J connectivity index is 2.40. The molecular formula is C11H16N2O2. The molecule has 1 aliphatic rings. The van der Waals surface area contributed by atoms with Crippen LogP contribution in [0, 0.1) is 0 Å². The molecule has 0 spiro atoms. The summed E-state index contributed by atoms with van der Waals surface area (Å²) in [7, 11) is 1.53. The molecule has 0 bridgehead atoms. The van der Waals surface area contributed by atoms with Gasteiger partial charge in [-0.15, -0.1) is 0 Å². The zero-order valence-electron chi connectivity index (χ0n) is 8.98. The zero-order valence-corrected chi connectivity index (χ0v) is 8.98. The molecule has 2 rings (SSSR count). The summed E-state index contributed by atoms with van der Waals surface area (Å²) in [5.41, 5.74) is -0.415. The third-order valence-corrected chi connectivity index (χ3v) is 3.18. The quantitative estimate of drug-likeness (QED) is 0.692. The van der Waals surface area contributed by atoms with Gasteiger partial charge < -0.3 is 0 Å². The highest BCUT2D eigenvalue weighted by molar-refractivity contribution is 4.88. The van der Waals surface area contributed by atoms with Gasteiger partial charge in [-0.3, -0.25) is 13.9 Å². The van der Waals surface area contributed by atoms with Crippen molar-refractivity contribution in [3.05, 3.63) is 33.1 Å². The lowest BCUT2D eigenvalue weighted by molar-refractivity contribution is 0.337. The van der Waals surface area contributed by atoms with E-state index in [1.165, 1.54) is 36.9 Å². The van der Waals surface area contributed by atoms with Crippen LogP contribution in [0.1, 0.15) is 38.1 Å². The van der Waals surface area contributed by atoms with E-state index in [9.17, 15) is 9.59 Å². The Bertz CT molecular complexity index is 452. The molecule has 82 valence electrons. The van der Waals surface area contributed by atoms with E-state index in [1.807, 2.05) is 0 Å². The minimum absolute atomic E-state index is 0.186. The molecule has 0 atom stereocenters. The van der Waals surface area contributed by atoms with Crippen LogP contribution in [0.5, 0.6) is 0 Å². The Hall–Kier alpha value is -1.32.